The lowest BCUT2D eigenvalue weighted by atomic mass is 9.95. The van der Waals surface area contributed by atoms with E-state index in [9.17, 15) is 4.79 Å². The monoisotopic (exact) mass is 343 g/mol. The van der Waals surface area contributed by atoms with Gasteiger partial charge in [-0.15, -0.1) is 0 Å². The van der Waals surface area contributed by atoms with E-state index in [4.69, 9.17) is 9.47 Å². The molecule has 0 bridgehead atoms. The van der Waals surface area contributed by atoms with Gasteiger partial charge >= 0.3 is 6.03 Å². The van der Waals surface area contributed by atoms with Crippen LogP contribution in [0.3, 0.4) is 0 Å². The van der Waals surface area contributed by atoms with Crippen LogP contribution in [-0.4, -0.2) is 52.0 Å². The molecule has 1 atom stereocenters. The van der Waals surface area contributed by atoms with Crippen molar-refractivity contribution in [1.82, 2.24) is 19.7 Å². The molecule has 0 spiro atoms. The van der Waals surface area contributed by atoms with Crippen LogP contribution in [-0.2, 0) is 7.05 Å². The molecular formula is C17H21N5O3. The van der Waals surface area contributed by atoms with Gasteiger partial charge in [-0.1, -0.05) is 0 Å². The third-order valence-corrected chi connectivity index (χ3v) is 4.50. The number of hydrogen-bond donors (Lipinski definition) is 1. The van der Waals surface area contributed by atoms with Crippen LogP contribution in [0.25, 0.3) is 0 Å². The number of pyridine rings is 1. The summed E-state index contributed by atoms with van der Waals surface area (Å²) in [5.41, 5.74) is 1.04. The predicted molar refractivity (Wildman–Crippen MR) is 91.0 cm³/mol. The van der Waals surface area contributed by atoms with E-state index in [1.807, 2.05) is 24.2 Å². The number of ether oxygens (including phenoxy) is 2. The molecule has 1 N–H and O–H groups in total. The van der Waals surface area contributed by atoms with Crippen molar-refractivity contribution >= 4 is 11.8 Å². The lowest BCUT2D eigenvalue weighted by Crippen LogP contribution is -2.41. The fourth-order valence-electron chi connectivity index (χ4n) is 3.24. The molecular weight excluding hydrogens is 322 g/mol. The van der Waals surface area contributed by atoms with E-state index in [1.54, 1.807) is 16.8 Å². The molecule has 2 aromatic heterocycles. The fraction of sp³-hybridized carbons (Fsp3) is 0.471. The van der Waals surface area contributed by atoms with Crippen molar-refractivity contribution in [3.63, 3.8) is 0 Å². The summed E-state index contributed by atoms with van der Waals surface area (Å²) < 4.78 is 12.7. The Bertz CT molecular complexity index is 775. The molecule has 0 aromatic carbocycles. The summed E-state index contributed by atoms with van der Waals surface area (Å²) in [5, 5.41) is 7.33. The number of anilines is 1. The first kappa shape index (κ1) is 15.7. The number of fused-ring (bicyclic) bond motifs is 1. The number of rotatable bonds is 2. The molecule has 2 aliphatic heterocycles. The van der Waals surface area contributed by atoms with E-state index in [2.05, 4.69) is 15.4 Å². The smallest absolute Gasteiger partial charge is 0.323 e. The highest BCUT2D eigenvalue weighted by molar-refractivity contribution is 5.88. The Morgan fingerprint density at radius 3 is 3.00 bits per heavy atom. The third kappa shape index (κ3) is 3.38. The van der Waals surface area contributed by atoms with Gasteiger partial charge in [-0.05, 0) is 31.0 Å². The highest BCUT2D eigenvalue weighted by Gasteiger charge is 2.26. The molecule has 1 saturated heterocycles. The normalized spacial score (nSPS) is 19.6. The minimum atomic E-state index is -0.148. The van der Waals surface area contributed by atoms with Gasteiger partial charge < -0.3 is 14.4 Å². The SMILES string of the molecule is Cn1ccc(C2CCCN(C(=O)Nc3ccc4c(n3)OCCO4)C2)n1. The Morgan fingerprint density at radius 2 is 2.16 bits per heavy atom. The Kier molecular flexibility index (Phi) is 4.17. The van der Waals surface area contributed by atoms with Gasteiger partial charge in [0.15, 0.2) is 5.75 Å². The summed E-state index contributed by atoms with van der Waals surface area (Å²) in [4.78, 5) is 18.7. The van der Waals surface area contributed by atoms with Crippen LogP contribution in [0.1, 0.15) is 24.5 Å². The van der Waals surface area contributed by atoms with E-state index in [0.29, 0.717) is 37.2 Å². The maximum absolute atomic E-state index is 12.6. The van der Waals surface area contributed by atoms with Gasteiger partial charge in [0.25, 0.3) is 5.88 Å². The number of likely N-dealkylation sites (tertiary alicyclic amines) is 1. The van der Waals surface area contributed by atoms with Crippen LogP contribution in [0.4, 0.5) is 10.6 Å². The lowest BCUT2D eigenvalue weighted by Gasteiger charge is -2.32. The molecule has 4 rings (SSSR count). The number of piperidine rings is 1. The molecule has 2 amide bonds. The molecule has 2 aliphatic rings. The quantitative estimate of drug-likeness (QED) is 0.902. The second-order valence-electron chi connectivity index (χ2n) is 6.33. The highest BCUT2D eigenvalue weighted by atomic mass is 16.6. The van der Waals surface area contributed by atoms with Gasteiger partial charge in [0.2, 0.25) is 0 Å². The Hall–Kier alpha value is -2.77. The first-order valence-electron chi connectivity index (χ1n) is 8.51. The van der Waals surface area contributed by atoms with Crippen molar-refractivity contribution in [2.45, 2.75) is 18.8 Å². The topological polar surface area (TPSA) is 81.5 Å². The minimum absolute atomic E-state index is 0.148. The van der Waals surface area contributed by atoms with Crippen molar-refractivity contribution in [3.8, 4) is 11.6 Å². The number of hydrogen-bond acceptors (Lipinski definition) is 5. The van der Waals surface area contributed by atoms with E-state index >= 15 is 0 Å². The molecule has 2 aromatic rings. The summed E-state index contributed by atoms with van der Waals surface area (Å²) in [6, 6.07) is 5.37. The maximum Gasteiger partial charge on any atom is 0.323 e. The Morgan fingerprint density at radius 1 is 1.28 bits per heavy atom. The zero-order valence-electron chi connectivity index (χ0n) is 14.1. The van der Waals surface area contributed by atoms with Crippen LogP contribution in [0.2, 0.25) is 0 Å². The Balaban J connectivity index is 1.42. The van der Waals surface area contributed by atoms with Gasteiger partial charge in [0, 0.05) is 32.3 Å². The van der Waals surface area contributed by atoms with E-state index in [-0.39, 0.29) is 11.9 Å². The number of aryl methyl sites for hydroxylation is 1. The molecule has 4 heterocycles. The van der Waals surface area contributed by atoms with Crippen molar-refractivity contribution in [2.75, 3.05) is 31.6 Å². The number of urea groups is 1. The first-order valence-corrected chi connectivity index (χ1v) is 8.51. The van der Waals surface area contributed by atoms with Gasteiger partial charge in [-0.3, -0.25) is 10.00 Å². The van der Waals surface area contributed by atoms with Crippen LogP contribution in [0.15, 0.2) is 24.4 Å². The van der Waals surface area contributed by atoms with E-state index < -0.39 is 0 Å². The van der Waals surface area contributed by atoms with E-state index in [0.717, 1.165) is 25.1 Å². The van der Waals surface area contributed by atoms with Crippen LogP contribution >= 0.6 is 0 Å². The number of carbonyl (C=O) groups is 1. The van der Waals surface area contributed by atoms with Crippen LogP contribution in [0.5, 0.6) is 11.6 Å². The first-order chi connectivity index (χ1) is 12.2. The van der Waals surface area contributed by atoms with Gasteiger partial charge in [-0.2, -0.15) is 10.1 Å². The van der Waals surface area contributed by atoms with Gasteiger partial charge in [0.05, 0.1) is 5.69 Å². The maximum atomic E-state index is 12.6. The zero-order chi connectivity index (χ0) is 17.2. The average molecular weight is 343 g/mol. The summed E-state index contributed by atoms with van der Waals surface area (Å²) in [7, 11) is 1.91. The number of amides is 2. The number of nitrogens with one attached hydrogen (secondary N) is 1. The lowest BCUT2D eigenvalue weighted by molar-refractivity contribution is 0.164. The standard InChI is InChI=1S/C17H21N5O3/c1-21-8-6-13(20-21)12-3-2-7-22(11-12)17(23)19-15-5-4-14-16(18-15)25-10-9-24-14/h4-6,8,12H,2-3,7,9-11H2,1H3,(H,18,19,23). The predicted octanol–water partition coefficient (Wildman–Crippen LogP) is 2.00. The fourth-order valence-corrected chi connectivity index (χ4v) is 3.24. The summed E-state index contributed by atoms with van der Waals surface area (Å²) in [6.45, 7) is 2.38. The average Bonchev–Trinajstić information content (AvgIpc) is 3.08. The highest BCUT2D eigenvalue weighted by Crippen LogP contribution is 2.30. The molecule has 1 fully saturated rings. The summed E-state index contributed by atoms with van der Waals surface area (Å²) in [5.74, 6) is 1.77. The molecule has 0 aliphatic carbocycles. The number of nitrogens with zero attached hydrogens (tertiary/aromatic N) is 4. The van der Waals surface area contributed by atoms with E-state index in [1.165, 1.54) is 0 Å². The molecule has 1 unspecified atom stereocenters. The third-order valence-electron chi connectivity index (χ3n) is 4.50. The van der Waals surface area contributed by atoms with Crippen LogP contribution in [0, 0.1) is 0 Å². The van der Waals surface area contributed by atoms with Gasteiger partial charge in [0.1, 0.15) is 19.0 Å². The van der Waals surface area contributed by atoms with Crippen molar-refractivity contribution in [1.29, 1.82) is 0 Å². The summed E-state index contributed by atoms with van der Waals surface area (Å²) in [6.07, 6.45) is 3.94. The van der Waals surface area contributed by atoms with Crippen molar-refractivity contribution < 1.29 is 14.3 Å². The Labute approximate surface area is 145 Å². The number of aromatic nitrogens is 3. The largest absolute Gasteiger partial charge is 0.484 e. The number of carbonyl (C=O) groups excluding carboxylic acids is 1. The van der Waals surface area contributed by atoms with Crippen molar-refractivity contribution in [2.24, 2.45) is 7.05 Å². The molecule has 25 heavy (non-hydrogen) atoms. The molecule has 0 saturated carbocycles. The minimum Gasteiger partial charge on any atom is -0.484 e. The molecule has 8 nitrogen and oxygen atoms in total. The second-order valence-corrected chi connectivity index (χ2v) is 6.33. The second kappa shape index (κ2) is 6.62. The van der Waals surface area contributed by atoms with Crippen LogP contribution < -0.4 is 14.8 Å². The summed E-state index contributed by atoms with van der Waals surface area (Å²) >= 11 is 0. The zero-order valence-corrected chi connectivity index (χ0v) is 14.1. The van der Waals surface area contributed by atoms with Crippen molar-refractivity contribution in [3.05, 3.63) is 30.1 Å². The molecule has 132 valence electrons. The molecule has 8 heteroatoms. The molecule has 0 radical (unpaired) electrons. The van der Waals surface area contributed by atoms with Gasteiger partial charge in [-0.25, -0.2) is 4.79 Å².